The molecule has 0 aliphatic heterocycles. The molecule has 0 aliphatic rings. The van der Waals surface area contributed by atoms with Gasteiger partial charge in [-0.2, -0.15) is 11.8 Å². The summed E-state index contributed by atoms with van der Waals surface area (Å²) in [6.45, 7) is 8.70. The minimum atomic E-state index is 0.258. The number of hydrogen-bond acceptors (Lipinski definition) is 2. The van der Waals surface area contributed by atoms with Crippen LogP contribution in [0.5, 0.6) is 0 Å². The molecular formula is C10H20OS. The van der Waals surface area contributed by atoms with Gasteiger partial charge in [-0.15, -0.1) is 0 Å². The summed E-state index contributed by atoms with van der Waals surface area (Å²) in [6, 6.07) is 0. The molecular weight excluding hydrogens is 168 g/mol. The maximum Gasteiger partial charge on any atom is 0.143 e. The lowest BCUT2D eigenvalue weighted by Crippen LogP contribution is -2.21. The summed E-state index contributed by atoms with van der Waals surface area (Å²) < 4.78 is 0. The van der Waals surface area contributed by atoms with E-state index in [0.29, 0.717) is 17.5 Å². The van der Waals surface area contributed by atoms with Crippen molar-refractivity contribution < 1.29 is 4.79 Å². The second kappa shape index (κ2) is 4.90. The molecule has 0 rings (SSSR count). The molecule has 0 aliphatic carbocycles. The summed E-state index contributed by atoms with van der Waals surface area (Å²) in [4.78, 5) is 11.3. The molecule has 0 amide bonds. The molecule has 1 atom stereocenters. The Labute approximate surface area is 80.3 Å². The molecule has 0 N–H and O–H groups in total. The van der Waals surface area contributed by atoms with Gasteiger partial charge in [0.2, 0.25) is 0 Å². The normalized spacial score (nSPS) is 14.4. The number of ketones is 1. The third-order valence-electron chi connectivity index (χ3n) is 2.32. The monoisotopic (exact) mass is 188 g/mol. The first-order chi connectivity index (χ1) is 5.38. The predicted molar refractivity (Wildman–Crippen MR) is 56.6 cm³/mol. The van der Waals surface area contributed by atoms with E-state index in [9.17, 15) is 4.79 Å². The Kier molecular flexibility index (Phi) is 4.91. The molecule has 0 aromatic heterocycles. The van der Waals surface area contributed by atoms with Gasteiger partial charge in [-0.1, -0.05) is 27.7 Å². The highest BCUT2D eigenvalue weighted by Crippen LogP contribution is 2.28. The second-order valence-corrected chi connectivity index (χ2v) is 5.31. The van der Waals surface area contributed by atoms with E-state index in [1.807, 2.05) is 6.26 Å². The van der Waals surface area contributed by atoms with Crippen LogP contribution in [0.2, 0.25) is 0 Å². The fourth-order valence-electron chi connectivity index (χ4n) is 0.868. The van der Waals surface area contributed by atoms with Crippen LogP contribution in [-0.2, 0) is 4.79 Å². The van der Waals surface area contributed by atoms with Crippen molar-refractivity contribution in [2.24, 2.45) is 11.3 Å². The Balaban J connectivity index is 3.84. The number of carbonyl (C=O) groups is 1. The number of rotatable bonds is 4. The third kappa shape index (κ3) is 4.81. The minimum absolute atomic E-state index is 0.258. The van der Waals surface area contributed by atoms with Crippen molar-refractivity contribution >= 4 is 17.5 Å². The lowest BCUT2D eigenvalue weighted by molar-refractivity contribution is -0.118. The van der Waals surface area contributed by atoms with Gasteiger partial charge < -0.3 is 0 Å². The first-order valence-electron chi connectivity index (χ1n) is 4.38. The van der Waals surface area contributed by atoms with E-state index in [0.717, 1.165) is 6.42 Å². The molecule has 0 saturated heterocycles. The molecule has 2 heteroatoms. The minimum Gasteiger partial charge on any atom is -0.299 e. The Bertz CT molecular complexity index is 146. The Morgan fingerprint density at radius 2 is 1.92 bits per heavy atom. The van der Waals surface area contributed by atoms with Crippen molar-refractivity contribution in [2.45, 2.75) is 34.1 Å². The van der Waals surface area contributed by atoms with Gasteiger partial charge in [0.15, 0.2) is 0 Å². The number of thioether (sulfide) groups is 1. The zero-order chi connectivity index (χ0) is 9.78. The summed E-state index contributed by atoms with van der Waals surface area (Å²) in [6.07, 6.45) is 2.70. The molecule has 0 heterocycles. The molecule has 72 valence electrons. The molecule has 1 unspecified atom stereocenters. The zero-order valence-electron chi connectivity index (χ0n) is 8.81. The van der Waals surface area contributed by atoms with Crippen LogP contribution in [0, 0.1) is 11.3 Å². The number of carbonyl (C=O) groups excluding carboxylic acids is 1. The van der Waals surface area contributed by atoms with Gasteiger partial charge in [0.25, 0.3) is 0 Å². The lowest BCUT2D eigenvalue weighted by atomic mass is 9.79. The number of hydrogen-bond donors (Lipinski definition) is 0. The van der Waals surface area contributed by atoms with E-state index in [1.54, 1.807) is 11.8 Å². The summed E-state index contributed by atoms with van der Waals surface area (Å²) in [5.74, 6) is 1.53. The van der Waals surface area contributed by atoms with Crippen molar-refractivity contribution in [3.8, 4) is 0 Å². The largest absolute Gasteiger partial charge is 0.299 e. The standard InChI is InChI=1S/C10H20OS/c1-8(10(2,3)4)6-9(11)7-12-5/h8H,6-7H2,1-5H3. The highest BCUT2D eigenvalue weighted by Gasteiger charge is 2.21. The fourth-order valence-corrected chi connectivity index (χ4v) is 1.31. The molecule has 1 nitrogen and oxygen atoms in total. The Hall–Kier alpha value is 0.0200. The summed E-state index contributed by atoms with van der Waals surface area (Å²) >= 11 is 1.61. The summed E-state index contributed by atoms with van der Waals surface area (Å²) in [7, 11) is 0. The second-order valence-electron chi connectivity index (χ2n) is 4.44. The molecule has 0 fully saturated rings. The van der Waals surface area contributed by atoms with Crippen molar-refractivity contribution in [1.29, 1.82) is 0 Å². The van der Waals surface area contributed by atoms with Crippen LogP contribution in [0.1, 0.15) is 34.1 Å². The van der Waals surface area contributed by atoms with E-state index in [4.69, 9.17) is 0 Å². The van der Waals surface area contributed by atoms with E-state index < -0.39 is 0 Å². The van der Waals surface area contributed by atoms with E-state index in [2.05, 4.69) is 27.7 Å². The van der Waals surface area contributed by atoms with Crippen LogP contribution in [-0.4, -0.2) is 17.8 Å². The third-order valence-corrected chi connectivity index (χ3v) is 2.93. The molecule has 12 heavy (non-hydrogen) atoms. The van der Waals surface area contributed by atoms with Crippen molar-refractivity contribution in [3.63, 3.8) is 0 Å². The molecule has 0 aromatic rings. The SMILES string of the molecule is CSCC(=O)CC(C)C(C)(C)C. The Morgan fingerprint density at radius 3 is 2.25 bits per heavy atom. The van der Waals surface area contributed by atoms with Crippen molar-refractivity contribution in [3.05, 3.63) is 0 Å². The van der Waals surface area contributed by atoms with E-state index in [-0.39, 0.29) is 5.41 Å². The quantitative estimate of drug-likeness (QED) is 0.674. The molecule has 0 radical (unpaired) electrons. The average molecular weight is 188 g/mol. The molecule has 0 bridgehead atoms. The fraction of sp³-hybridized carbons (Fsp3) is 0.900. The van der Waals surface area contributed by atoms with Crippen molar-refractivity contribution in [2.75, 3.05) is 12.0 Å². The van der Waals surface area contributed by atoms with Gasteiger partial charge in [-0.3, -0.25) is 4.79 Å². The molecule has 0 aromatic carbocycles. The highest BCUT2D eigenvalue weighted by atomic mass is 32.2. The maximum atomic E-state index is 11.3. The molecule has 0 saturated carbocycles. The van der Waals surface area contributed by atoms with E-state index in [1.165, 1.54) is 0 Å². The number of Topliss-reactive ketones (excluding diaryl/α,β-unsaturated/α-hetero) is 1. The van der Waals surface area contributed by atoms with Crippen molar-refractivity contribution in [1.82, 2.24) is 0 Å². The van der Waals surface area contributed by atoms with E-state index >= 15 is 0 Å². The van der Waals surface area contributed by atoms with Gasteiger partial charge in [0.05, 0.1) is 5.75 Å². The van der Waals surface area contributed by atoms with Crippen LogP contribution >= 0.6 is 11.8 Å². The van der Waals surface area contributed by atoms with Crippen LogP contribution in [0.3, 0.4) is 0 Å². The molecule has 0 spiro atoms. The van der Waals surface area contributed by atoms with Gasteiger partial charge in [0.1, 0.15) is 5.78 Å². The van der Waals surface area contributed by atoms with Gasteiger partial charge in [-0.05, 0) is 17.6 Å². The van der Waals surface area contributed by atoms with Crippen LogP contribution in [0.15, 0.2) is 0 Å². The summed E-state index contributed by atoms with van der Waals surface area (Å²) in [5.41, 5.74) is 0.258. The van der Waals surface area contributed by atoms with Gasteiger partial charge in [0, 0.05) is 6.42 Å². The smallest absolute Gasteiger partial charge is 0.143 e. The van der Waals surface area contributed by atoms with Gasteiger partial charge in [-0.25, -0.2) is 0 Å². The summed E-state index contributed by atoms with van der Waals surface area (Å²) in [5, 5.41) is 0. The van der Waals surface area contributed by atoms with Crippen LogP contribution < -0.4 is 0 Å². The zero-order valence-corrected chi connectivity index (χ0v) is 9.62. The van der Waals surface area contributed by atoms with Gasteiger partial charge >= 0.3 is 0 Å². The highest BCUT2D eigenvalue weighted by molar-refractivity contribution is 7.99. The maximum absolute atomic E-state index is 11.3. The lowest BCUT2D eigenvalue weighted by Gasteiger charge is -2.26. The van der Waals surface area contributed by atoms with Crippen LogP contribution in [0.25, 0.3) is 0 Å². The topological polar surface area (TPSA) is 17.1 Å². The predicted octanol–water partition coefficient (Wildman–Crippen LogP) is 2.99. The first-order valence-corrected chi connectivity index (χ1v) is 5.78. The average Bonchev–Trinajstić information content (AvgIpc) is 1.85. The Morgan fingerprint density at radius 1 is 1.42 bits per heavy atom. The van der Waals surface area contributed by atoms with Crippen LogP contribution in [0.4, 0.5) is 0 Å². The first kappa shape index (κ1) is 12.0.